The van der Waals surface area contributed by atoms with Gasteiger partial charge in [-0.05, 0) is 36.5 Å². The molecule has 0 fully saturated rings. The maximum atomic E-state index is 9.94. The van der Waals surface area contributed by atoms with Crippen molar-refractivity contribution >= 4 is 5.57 Å². The highest BCUT2D eigenvalue weighted by Crippen LogP contribution is 2.34. The fourth-order valence-corrected chi connectivity index (χ4v) is 1.64. The largest absolute Gasteiger partial charge is 0.507 e. The van der Waals surface area contributed by atoms with Crippen LogP contribution >= 0.6 is 0 Å². The highest BCUT2D eigenvalue weighted by Gasteiger charge is 2.13. The molecule has 1 heteroatoms. The van der Waals surface area contributed by atoms with Gasteiger partial charge in [0.15, 0.2) is 0 Å². The molecule has 0 aliphatic rings. The topological polar surface area (TPSA) is 20.2 Å². The number of hydrogen-bond acceptors (Lipinski definition) is 1. The van der Waals surface area contributed by atoms with Crippen LogP contribution in [0.5, 0.6) is 5.75 Å². The molecule has 1 aromatic carbocycles. The zero-order valence-electron chi connectivity index (χ0n) is 9.39. The van der Waals surface area contributed by atoms with Gasteiger partial charge in [0, 0.05) is 5.56 Å². The third-order valence-corrected chi connectivity index (χ3v) is 2.46. The van der Waals surface area contributed by atoms with Crippen molar-refractivity contribution in [3.05, 3.63) is 35.4 Å². The van der Waals surface area contributed by atoms with Crippen LogP contribution in [0.15, 0.2) is 18.7 Å². The van der Waals surface area contributed by atoms with Crippen LogP contribution in [0.4, 0.5) is 0 Å². The third kappa shape index (κ3) is 1.82. The molecule has 1 rings (SSSR count). The summed E-state index contributed by atoms with van der Waals surface area (Å²) in [5.74, 6) is 0.789. The van der Waals surface area contributed by atoms with E-state index in [0.717, 1.165) is 16.7 Å². The monoisotopic (exact) mass is 190 g/mol. The molecule has 0 radical (unpaired) electrons. The first-order chi connectivity index (χ1) is 6.45. The molecule has 0 unspecified atom stereocenters. The summed E-state index contributed by atoms with van der Waals surface area (Å²) in [6.45, 7) is 12.0. The first-order valence-corrected chi connectivity index (χ1v) is 4.93. The van der Waals surface area contributed by atoms with Gasteiger partial charge in [0.2, 0.25) is 0 Å². The van der Waals surface area contributed by atoms with Crippen LogP contribution in [-0.2, 0) is 0 Å². The summed E-state index contributed by atoms with van der Waals surface area (Å²) in [7, 11) is 0. The van der Waals surface area contributed by atoms with Crippen LogP contribution in [0.3, 0.4) is 0 Å². The maximum Gasteiger partial charge on any atom is 0.126 e. The predicted molar refractivity (Wildman–Crippen MR) is 61.6 cm³/mol. The van der Waals surface area contributed by atoms with Crippen molar-refractivity contribution in [1.29, 1.82) is 0 Å². The minimum absolute atomic E-state index is 0.378. The Morgan fingerprint density at radius 1 is 1.36 bits per heavy atom. The van der Waals surface area contributed by atoms with Crippen molar-refractivity contribution in [1.82, 2.24) is 0 Å². The Labute approximate surface area is 86.1 Å². The number of aryl methyl sites for hydroxylation is 1. The van der Waals surface area contributed by atoms with E-state index in [9.17, 15) is 5.11 Å². The van der Waals surface area contributed by atoms with Gasteiger partial charge in [0.25, 0.3) is 0 Å². The van der Waals surface area contributed by atoms with E-state index in [-0.39, 0.29) is 0 Å². The van der Waals surface area contributed by atoms with Gasteiger partial charge in [-0.1, -0.05) is 32.6 Å². The van der Waals surface area contributed by atoms with Gasteiger partial charge in [-0.25, -0.2) is 0 Å². The molecule has 0 atom stereocenters. The molecule has 0 aromatic heterocycles. The number of aromatic hydroxyl groups is 1. The van der Waals surface area contributed by atoms with Crippen LogP contribution in [0.1, 0.15) is 43.4 Å². The number of benzene rings is 1. The van der Waals surface area contributed by atoms with Gasteiger partial charge < -0.3 is 5.11 Å². The average Bonchev–Trinajstić information content (AvgIpc) is 2.08. The molecule has 0 aliphatic heterocycles. The lowest BCUT2D eigenvalue weighted by atomic mass is 9.91. The third-order valence-electron chi connectivity index (χ3n) is 2.46. The van der Waals surface area contributed by atoms with E-state index in [2.05, 4.69) is 26.5 Å². The predicted octanol–water partition coefficient (Wildman–Crippen LogP) is 3.86. The lowest BCUT2D eigenvalue weighted by Crippen LogP contribution is -1.96. The summed E-state index contributed by atoms with van der Waals surface area (Å²) in [6, 6.07) is 4.03. The Morgan fingerprint density at radius 2 is 1.93 bits per heavy atom. The molecule has 0 amide bonds. The molecule has 14 heavy (non-hydrogen) atoms. The van der Waals surface area contributed by atoms with E-state index < -0.39 is 0 Å². The summed E-state index contributed by atoms with van der Waals surface area (Å²) in [4.78, 5) is 0. The normalized spacial score (nSPS) is 10.6. The maximum absolute atomic E-state index is 9.94. The molecule has 0 spiro atoms. The molecular weight excluding hydrogens is 172 g/mol. The smallest absolute Gasteiger partial charge is 0.126 e. The lowest BCUT2D eigenvalue weighted by Gasteiger charge is -2.15. The number of rotatable bonds is 2. The number of phenols is 1. The van der Waals surface area contributed by atoms with Crippen LogP contribution in [0.2, 0.25) is 0 Å². The molecule has 0 saturated carbocycles. The van der Waals surface area contributed by atoms with E-state index in [0.29, 0.717) is 11.7 Å². The van der Waals surface area contributed by atoms with E-state index in [4.69, 9.17) is 0 Å². The zero-order valence-corrected chi connectivity index (χ0v) is 9.39. The number of hydrogen-bond donors (Lipinski definition) is 1. The minimum Gasteiger partial charge on any atom is -0.507 e. The Hall–Kier alpha value is -1.24. The molecule has 0 bridgehead atoms. The molecule has 0 aliphatic carbocycles. The second-order valence-electron chi connectivity index (χ2n) is 4.13. The fraction of sp³-hybridized carbons (Fsp3) is 0.385. The average molecular weight is 190 g/mol. The molecule has 0 saturated heterocycles. The number of phenolic OH excluding ortho intramolecular Hbond substituents is 1. The SMILES string of the molecule is C=C(C)c1c(C(C)C)ccc(C)c1O. The summed E-state index contributed by atoms with van der Waals surface area (Å²) in [5.41, 5.74) is 3.92. The molecule has 1 aromatic rings. The molecule has 76 valence electrons. The fourth-order valence-electron chi connectivity index (χ4n) is 1.64. The lowest BCUT2D eigenvalue weighted by molar-refractivity contribution is 0.468. The minimum atomic E-state index is 0.378. The van der Waals surface area contributed by atoms with E-state index in [1.54, 1.807) is 0 Å². The number of allylic oxidation sites excluding steroid dienone is 1. The second kappa shape index (κ2) is 3.87. The molecular formula is C13H18O. The first kappa shape index (κ1) is 10.8. The molecule has 0 heterocycles. The van der Waals surface area contributed by atoms with E-state index >= 15 is 0 Å². The Balaban J connectivity index is 3.45. The van der Waals surface area contributed by atoms with E-state index in [1.807, 2.05) is 19.9 Å². The van der Waals surface area contributed by atoms with Crippen molar-refractivity contribution in [2.45, 2.75) is 33.6 Å². The van der Waals surface area contributed by atoms with Gasteiger partial charge in [-0.3, -0.25) is 0 Å². The highest BCUT2D eigenvalue weighted by atomic mass is 16.3. The van der Waals surface area contributed by atoms with E-state index in [1.165, 1.54) is 5.56 Å². The van der Waals surface area contributed by atoms with Gasteiger partial charge in [-0.2, -0.15) is 0 Å². The first-order valence-electron chi connectivity index (χ1n) is 4.93. The summed E-state index contributed by atoms with van der Waals surface area (Å²) < 4.78 is 0. The summed E-state index contributed by atoms with van der Waals surface area (Å²) >= 11 is 0. The Kier molecular flexibility index (Phi) is 3.00. The second-order valence-corrected chi connectivity index (χ2v) is 4.13. The summed E-state index contributed by atoms with van der Waals surface area (Å²) in [6.07, 6.45) is 0. The quantitative estimate of drug-likeness (QED) is 0.750. The van der Waals surface area contributed by atoms with Crippen molar-refractivity contribution in [2.75, 3.05) is 0 Å². The zero-order chi connectivity index (χ0) is 10.9. The van der Waals surface area contributed by atoms with Crippen molar-refractivity contribution in [3.63, 3.8) is 0 Å². The molecule has 1 N–H and O–H groups in total. The van der Waals surface area contributed by atoms with Gasteiger partial charge in [-0.15, -0.1) is 0 Å². The van der Waals surface area contributed by atoms with Crippen LogP contribution in [0, 0.1) is 6.92 Å². The Morgan fingerprint density at radius 3 is 2.36 bits per heavy atom. The van der Waals surface area contributed by atoms with Gasteiger partial charge in [0.05, 0.1) is 0 Å². The summed E-state index contributed by atoms with van der Waals surface area (Å²) in [5, 5.41) is 9.94. The van der Waals surface area contributed by atoms with Gasteiger partial charge >= 0.3 is 0 Å². The van der Waals surface area contributed by atoms with Crippen molar-refractivity contribution in [3.8, 4) is 5.75 Å². The van der Waals surface area contributed by atoms with Crippen LogP contribution in [0.25, 0.3) is 5.57 Å². The highest BCUT2D eigenvalue weighted by molar-refractivity contribution is 5.71. The van der Waals surface area contributed by atoms with Crippen molar-refractivity contribution < 1.29 is 5.11 Å². The Bertz CT molecular complexity index is 362. The van der Waals surface area contributed by atoms with Crippen LogP contribution < -0.4 is 0 Å². The van der Waals surface area contributed by atoms with Crippen molar-refractivity contribution in [2.24, 2.45) is 0 Å². The van der Waals surface area contributed by atoms with Gasteiger partial charge in [0.1, 0.15) is 5.75 Å². The van der Waals surface area contributed by atoms with Crippen LogP contribution in [-0.4, -0.2) is 5.11 Å². The molecule has 1 nitrogen and oxygen atoms in total. The standard InChI is InChI=1S/C13H18O/c1-8(2)11-7-6-10(5)13(14)12(11)9(3)4/h6-8,14H,3H2,1-2,4-5H3.